The molecule has 2 atom stereocenters. The molecule has 3 N–H and O–H groups in total. The minimum atomic E-state index is 0.111. The molecule has 0 radical (unpaired) electrons. The summed E-state index contributed by atoms with van der Waals surface area (Å²) in [6.45, 7) is 9.97. The zero-order valence-corrected chi connectivity index (χ0v) is 13.2. The van der Waals surface area contributed by atoms with Crippen LogP contribution in [0.25, 0.3) is 0 Å². The minimum Gasteiger partial charge on any atom is -0.379 e. The van der Waals surface area contributed by atoms with Crippen molar-refractivity contribution in [1.82, 2.24) is 10.2 Å². The molecule has 0 aromatic carbocycles. The Kier molecular flexibility index (Phi) is 8.11. The third-order valence-corrected chi connectivity index (χ3v) is 3.86. The molecule has 1 aliphatic heterocycles. The van der Waals surface area contributed by atoms with E-state index in [9.17, 15) is 4.79 Å². The maximum absolute atomic E-state index is 11.9. The van der Waals surface area contributed by atoms with Gasteiger partial charge in [0.1, 0.15) is 0 Å². The molecule has 0 aromatic heterocycles. The van der Waals surface area contributed by atoms with E-state index in [-0.39, 0.29) is 12.0 Å². The van der Waals surface area contributed by atoms with Crippen LogP contribution in [-0.4, -0.2) is 55.7 Å². The van der Waals surface area contributed by atoms with E-state index in [4.69, 9.17) is 10.5 Å². The molecule has 0 bridgehead atoms. The number of piperidine rings is 1. The Morgan fingerprint density at radius 1 is 1.50 bits per heavy atom. The van der Waals surface area contributed by atoms with Gasteiger partial charge < -0.3 is 15.8 Å². The van der Waals surface area contributed by atoms with Crippen LogP contribution in [0.3, 0.4) is 0 Å². The molecule has 5 heteroatoms. The van der Waals surface area contributed by atoms with Crippen molar-refractivity contribution in [3.8, 4) is 0 Å². The molecule has 5 nitrogen and oxygen atoms in total. The number of amides is 1. The molecule has 20 heavy (non-hydrogen) atoms. The number of nitrogens with one attached hydrogen (secondary N) is 1. The quantitative estimate of drug-likeness (QED) is 0.652. The highest BCUT2D eigenvalue weighted by Crippen LogP contribution is 2.17. The molecule has 0 saturated carbocycles. The highest BCUT2D eigenvalue weighted by Gasteiger charge is 2.26. The van der Waals surface area contributed by atoms with Gasteiger partial charge in [0.15, 0.2) is 0 Å². The van der Waals surface area contributed by atoms with E-state index in [0.717, 1.165) is 32.4 Å². The molecule has 1 rings (SSSR count). The second-order valence-corrected chi connectivity index (χ2v) is 5.98. The largest absolute Gasteiger partial charge is 0.379 e. The Morgan fingerprint density at radius 2 is 2.25 bits per heavy atom. The van der Waals surface area contributed by atoms with Crippen LogP contribution in [0.5, 0.6) is 0 Å². The van der Waals surface area contributed by atoms with Gasteiger partial charge in [0.05, 0.1) is 12.6 Å². The van der Waals surface area contributed by atoms with Crippen molar-refractivity contribution in [2.75, 3.05) is 32.8 Å². The topological polar surface area (TPSA) is 67.6 Å². The molecule has 1 fully saturated rings. The van der Waals surface area contributed by atoms with Crippen molar-refractivity contribution in [1.29, 1.82) is 0 Å². The smallest absolute Gasteiger partial charge is 0.234 e. The highest BCUT2D eigenvalue weighted by atomic mass is 16.5. The number of carbonyl (C=O) groups excluding carboxylic acids is 1. The Morgan fingerprint density at radius 3 is 2.90 bits per heavy atom. The summed E-state index contributed by atoms with van der Waals surface area (Å²) in [7, 11) is 0. The number of likely N-dealkylation sites (tertiary alicyclic amines) is 1. The average molecular weight is 285 g/mol. The first kappa shape index (κ1) is 17.4. The maximum atomic E-state index is 11.9. The second-order valence-electron chi connectivity index (χ2n) is 5.98. The normalized spacial score (nSPS) is 24.1. The van der Waals surface area contributed by atoms with E-state index >= 15 is 0 Å². The number of nitrogens with two attached hydrogens (primary N) is 1. The summed E-state index contributed by atoms with van der Waals surface area (Å²) in [6.07, 6.45) is 3.21. The van der Waals surface area contributed by atoms with Crippen molar-refractivity contribution in [3.05, 3.63) is 0 Å². The number of nitrogens with zero attached hydrogens (tertiary/aromatic N) is 1. The molecule has 1 aliphatic rings. The fraction of sp³-hybridized carbons (Fsp3) is 0.933. The predicted molar refractivity (Wildman–Crippen MR) is 81.5 cm³/mol. The summed E-state index contributed by atoms with van der Waals surface area (Å²) < 4.78 is 5.44. The Labute approximate surface area is 123 Å². The first-order valence-electron chi connectivity index (χ1n) is 7.89. The molecular formula is C15H31N3O2. The van der Waals surface area contributed by atoms with Crippen LogP contribution in [0, 0.1) is 5.92 Å². The highest BCUT2D eigenvalue weighted by molar-refractivity contribution is 5.77. The van der Waals surface area contributed by atoms with Crippen molar-refractivity contribution in [2.45, 2.75) is 52.2 Å². The van der Waals surface area contributed by atoms with Crippen LogP contribution in [0.4, 0.5) is 0 Å². The first-order chi connectivity index (χ1) is 9.52. The third kappa shape index (κ3) is 6.68. The standard InChI is InChI=1S/C15H31N3O2/c1-4-13-10-18(8-6-14(13)16)11-15(19)17-7-5-9-20-12(2)3/h12-14H,4-11,16H2,1-3H3,(H,17,19). The predicted octanol–water partition coefficient (Wildman–Crippen LogP) is 0.977. The lowest BCUT2D eigenvalue weighted by molar-refractivity contribution is -0.122. The summed E-state index contributed by atoms with van der Waals surface area (Å²) >= 11 is 0. The SMILES string of the molecule is CCC1CN(CC(=O)NCCCOC(C)C)CCC1N. The molecule has 1 saturated heterocycles. The van der Waals surface area contributed by atoms with E-state index in [1.54, 1.807) is 0 Å². The van der Waals surface area contributed by atoms with E-state index in [1.165, 1.54) is 0 Å². The van der Waals surface area contributed by atoms with Crippen molar-refractivity contribution < 1.29 is 9.53 Å². The van der Waals surface area contributed by atoms with E-state index < -0.39 is 0 Å². The van der Waals surface area contributed by atoms with Crippen LogP contribution < -0.4 is 11.1 Å². The Balaban J connectivity index is 2.13. The lowest BCUT2D eigenvalue weighted by atomic mass is 9.91. The summed E-state index contributed by atoms with van der Waals surface area (Å²) in [4.78, 5) is 14.1. The molecule has 2 unspecified atom stereocenters. The third-order valence-electron chi connectivity index (χ3n) is 3.86. The van der Waals surface area contributed by atoms with Gasteiger partial charge in [0, 0.05) is 32.3 Å². The molecule has 0 aliphatic carbocycles. The molecule has 1 amide bonds. The lowest BCUT2D eigenvalue weighted by Crippen LogP contribution is -2.49. The monoisotopic (exact) mass is 285 g/mol. The van der Waals surface area contributed by atoms with Crippen molar-refractivity contribution in [3.63, 3.8) is 0 Å². The van der Waals surface area contributed by atoms with Crippen LogP contribution in [-0.2, 0) is 9.53 Å². The fourth-order valence-corrected chi connectivity index (χ4v) is 2.58. The summed E-state index contributed by atoms with van der Waals surface area (Å²) in [5.41, 5.74) is 6.08. The first-order valence-corrected chi connectivity index (χ1v) is 7.89. The molecule has 0 aromatic rings. The summed E-state index contributed by atoms with van der Waals surface area (Å²) in [5.74, 6) is 0.635. The lowest BCUT2D eigenvalue weighted by Gasteiger charge is -2.36. The van der Waals surface area contributed by atoms with E-state index in [1.807, 2.05) is 13.8 Å². The number of hydrogen-bond acceptors (Lipinski definition) is 4. The molecule has 118 valence electrons. The van der Waals surface area contributed by atoms with Crippen LogP contribution in [0.1, 0.15) is 40.0 Å². The van der Waals surface area contributed by atoms with Gasteiger partial charge in [0.25, 0.3) is 0 Å². The van der Waals surface area contributed by atoms with Crippen LogP contribution in [0.15, 0.2) is 0 Å². The zero-order chi connectivity index (χ0) is 15.0. The summed E-state index contributed by atoms with van der Waals surface area (Å²) in [6, 6.07) is 0.299. The number of hydrogen-bond donors (Lipinski definition) is 2. The molecular weight excluding hydrogens is 254 g/mol. The minimum absolute atomic E-state index is 0.111. The van der Waals surface area contributed by atoms with Crippen LogP contribution in [0.2, 0.25) is 0 Å². The van der Waals surface area contributed by atoms with Gasteiger partial charge in [-0.3, -0.25) is 9.69 Å². The second kappa shape index (κ2) is 9.32. The summed E-state index contributed by atoms with van der Waals surface area (Å²) in [5, 5.41) is 2.96. The van der Waals surface area contributed by atoms with Gasteiger partial charge >= 0.3 is 0 Å². The number of ether oxygens (including phenoxy) is 1. The van der Waals surface area contributed by atoms with Crippen molar-refractivity contribution >= 4 is 5.91 Å². The van der Waals surface area contributed by atoms with E-state index in [0.29, 0.717) is 31.7 Å². The number of carbonyl (C=O) groups is 1. The van der Waals surface area contributed by atoms with Gasteiger partial charge in [-0.25, -0.2) is 0 Å². The average Bonchev–Trinajstić information content (AvgIpc) is 2.40. The van der Waals surface area contributed by atoms with Crippen molar-refractivity contribution in [2.24, 2.45) is 11.7 Å². The fourth-order valence-electron chi connectivity index (χ4n) is 2.58. The van der Waals surface area contributed by atoms with Crippen LogP contribution >= 0.6 is 0 Å². The van der Waals surface area contributed by atoms with Gasteiger partial charge in [-0.15, -0.1) is 0 Å². The van der Waals surface area contributed by atoms with E-state index in [2.05, 4.69) is 17.1 Å². The van der Waals surface area contributed by atoms with Gasteiger partial charge in [-0.1, -0.05) is 13.3 Å². The van der Waals surface area contributed by atoms with Gasteiger partial charge in [-0.2, -0.15) is 0 Å². The Bertz CT molecular complexity index is 284. The van der Waals surface area contributed by atoms with Gasteiger partial charge in [-0.05, 0) is 32.6 Å². The molecule has 1 heterocycles. The zero-order valence-electron chi connectivity index (χ0n) is 13.2. The number of rotatable bonds is 8. The van der Waals surface area contributed by atoms with Gasteiger partial charge in [0.2, 0.25) is 5.91 Å². The maximum Gasteiger partial charge on any atom is 0.234 e. The molecule has 0 spiro atoms. The Hall–Kier alpha value is -0.650.